The van der Waals surface area contributed by atoms with Gasteiger partial charge in [-0.3, -0.25) is 0 Å². The van der Waals surface area contributed by atoms with Crippen molar-refractivity contribution < 1.29 is 0 Å². The lowest BCUT2D eigenvalue weighted by Crippen LogP contribution is -2.31. The lowest BCUT2D eigenvalue weighted by Gasteiger charge is -2.23. The Labute approximate surface area is 123 Å². The van der Waals surface area contributed by atoms with Gasteiger partial charge in [0.1, 0.15) is 0 Å². The van der Waals surface area contributed by atoms with Gasteiger partial charge in [0.15, 0.2) is 0 Å². The SMILES string of the molecule is CCN(CC)CCCN(CC)c1ncc(CCN)cn1. The van der Waals surface area contributed by atoms with Crippen molar-refractivity contribution in [1.82, 2.24) is 14.9 Å². The Balaban J connectivity index is 2.48. The van der Waals surface area contributed by atoms with Gasteiger partial charge in [0.25, 0.3) is 0 Å². The van der Waals surface area contributed by atoms with Crippen LogP contribution in [0.15, 0.2) is 12.4 Å². The molecule has 1 aromatic heterocycles. The highest BCUT2D eigenvalue weighted by atomic mass is 15.2. The molecule has 0 saturated carbocycles. The molecule has 114 valence electrons. The minimum atomic E-state index is 0.643. The Morgan fingerprint density at radius 2 is 1.65 bits per heavy atom. The molecule has 0 bridgehead atoms. The summed E-state index contributed by atoms with van der Waals surface area (Å²) in [6.45, 7) is 12.5. The van der Waals surface area contributed by atoms with Crippen molar-refractivity contribution in [3.8, 4) is 0 Å². The highest BCUT2D eigenvalue weighted by Gasteiger charge is 2.08. The van der Waals surface area contributed by atoms with E-state index in [4.69, 9.17) is 5.73 Å². The van der Waals surface area contributed by atoms with Crippen LogP contribution in [0.4, 0.5) is 5.95 Å². The minimum absolute atomic E-state index is 0.643. The zero-order chi connectivity index (χ0) is 14.8. The molecular weight excluding hydrogens is 250 g/mol. The third kappa shape index (κ3) is 5.43. The first-order chi connectivity index (χ1) is 9.74. The smallest absolute Gasteiger partial charge is 0.225 e. The van der Waals surface area contributed by atoms with E-state index < -0.39 is 0 Å². The van der Waals surface area contributed by atoms with Gasteiger partial charge in [-0.1, -0.05) is 13.8 Å². The number of aromatic nitrogens is 2. The summed E-state index contributed by atoms with van der Waals surface area (Å²) >= 11 is 0. The minimum Gasteiger partial charge on any atom is -0.341 e. The molecule has 0 unspecified atom stereocenters. The van der Waals surface area contributed by atoms with Crippen molar-refractivity contribution in [2.75, 3.05) is 44.2 Å². The number of hydrogen-bond donors (Lipinski definition) is 1. The third-order valence-electron chi connectivity index (χ3n) is 3.59. The number of hydrogen-bond acceptors (Lipinski definition) is 5. The Morgan fingerprint density at radius 1 is 1.00 bits per heavy atom. The second-order valence-corrected chi connectivity index (χ2v) is 4.89. The maximum Gasteiger partial charge on any atom is 0.225 e. The molecule has 0 radical (unpaired) electrons. The molecule has 1 heterocycles. The molecule has 0 saturated heterocycles. The highest BCUT2D eigenvalue weighted by Crippen LogP contribution is 2.08. The van der Waals surface area contributed by atoms with Crippen LogP contribution in [0.25, 0.3) is 0 Å². The molecule has 0 amide bonds. The van der Waals surface area contributed by atoms with Crippen molar-refractivity contribution in [3.05, 3.63) is 18.0 Å². The maximum absolute atomic E-state index is 5.53. The third-order valence-corrected chi connectivity index (χ3v) is 3.59. The van der Waals surface area contributed by atoms with Gasteiger partial charge >= 0.3 is 0 Å². The highest BCUT2D eigenvalue weighted by molar-refractivity contribution is 5.29. The lowest BCUT2D eigenvalue weighted by molar-refractivity contribution is 0.300. The Kier molecular flexibility index (Phi) is 8.14. The van der Waals surface area contributed by atoms with Crippen molar-refractivity contribution in [3.63, 3.8) is 0 Å². The van der Waals surface area contributed by atoms with E-state index in [0.29, 0.717) is 6.54 Å². The molecule has 0 atom stereocenters. The maximum atomic E-state index is 5.53. The summed E-state index contributed by atoms with van der Waals surface area (Å²) in [4.78, 5) is 13.6. The summed E-state index contributed by atoms with van der Waals surface area (Å²) in [5.74, 6) is 0.827. The molecule has 0 spiro atoms. The molecule has 0 fully saturated rings. The Bertz CT molecular complexity index is 348. The topological polar surface area (TPSA) is 58.3 Å². The molecule has 20 heavy (non-hydrogen) atoms. The van der Waals surface area contributed by atoms with Gasteiger partial charge in [0, 0.05) is 25.5 Å². The van der Waals surface area contributed by atoms with E-state index in [1.165, 1.54) is 0 Å². The molecule has 0 aliphatic heterocycles. The van der Waals surface area contributed by atoms with E-state index in [-0.39, 0.29) is 0 Å². The van der Waals surface area contributed by atoms with Crippen LogP contribution in [0, 0.1) is 0 Å². The van der Waals surface area contributed by atoms with Crippen LogP contribution in [0.3, 0.4) is 0 Å². The first-order valence-corrected chi connectivity index (χ1v) is 7.73. The number of nitrogens with zero attached hydrogens (tertiary/aromatic N) is 4. The van der Waals surface area contributed by atoms with Crippen molar-refractivity contribution in [2.24, 2.45) is 5.73 Å². The monoisotopic (exact) mass is 279 g/mol. The predicted molar refractivity (Wildman–Crippen MR) is 85.1 cm³/mol. The van der Waals surface area contributed by atoms with Crippen molar-refractivity contribution in [2.45, 2.75) is 33.6 Å². The van der Waals surface area contributed by atoms with E-state index >= 15 is 0 Å². The Hall–Kier alpha value is -1.20. The first-order valence-electron chi connectivity index (χ1n) is 7.73. The van der Waals surface area contributed by atoms with Gasteiger partial charge in [-0.2, -0.15) is 0 Å². The van der Waals surface area contributed by atoms with E-state index in [2.05, 4.69) is 40.5 Å². The molecule has 5 nitrogen and oxygen atoms in total. The second-order valence-electron chi connectivity index (χ2n) is 4.89. The fourth-order valence-electron chi connectivity index (χ4n) is 2.23. The molecule has 1 rings (SSSR count). The van der Waals surface area contributed by atoms with E-state index in [0.717, 1.165) is 57.1 Å². The zero-order valence-corrected chi connectivity index (χ0v) is 13.2. The van der Waals surface area contributed by atoms with Gasteiger partial charge in [-0.15, -0.1) is 0 Å². The quantitative estimate of drug-likeness (QED) is 0.704. The molecular formula is C15H29N5. The molecule has 0 aliphatic carbocycles. The number of nitrogens with two attached hydrogens (primary N) is 1. The van der Waals surface area contributed by atoms with Crippen LogP contribution in [0.2, 0.25) is 0 Å². The summed E-state index contributed by atoms with van der Waals surface area (Å²) in [5, 5.41) is 0. The van der Waals surface area contributed by atoms with Crippen LogP contribution in [0.1, 0.15) is 32.8 Å². The van der Waals surface area contributed by atoms with Crippen LogP contribution in [-0.2, 0) is 6.42 Å². The van der Waals surface area contributed by atoms with Gasteiger partial charge in [0.2, 0.25) is 5.95 Å². The molecule has 0 aliphatic rings. The molecule has 5 heteroatoms. The number of rotatable bonds is 10. The zero-order valence-electron chi connectivity index (χ0n) is 13.2. The Morgan fingerprint density at radius 3 is 2.15 bits per heavy atom. The summed E-state index contributed by atoms with van der Waals surface area (Å²) in [5.41, 5.74) is 6.64. The largest absolute Gasteiger partial charge is 0.341 e. The van der Waals surface area contributed by atoms with Crippen molar-refractivity contribution >= 4 is 5.95 Å². The summed E-state index contributed by atoms with van der Waals surface area (Å²) in [6.07, 6.45) is 5.77. The predicted octanol–water partition coefficient (Wildman–Crippen LogP) is 1.54. The molecule has 0 aromatic carbocycles. The fraction of sp³-hybridized carbons (Fsp3) is 0.733. The summed E-state index contributed by atoms with van der Waals surface area (Å²) < 4.78 is 0. The van der Waals surface area contributed by atoms with E-state index in [9.17, 15) is 0 Å². The van der Waals surface area contributed by atoms with Crippen LogP contribution in [0.5, 0.6) is 0 Å². The van der Waals surface area contributed by atoms with Gasteiger partial charge in [-0.25, -0.2) is 9.97 Å². The van der Waals surface area contributed by atoms with E-state index in [1.807, 2.05) is 12.4 Å². The standard InChI is InChI=1S/C15H29N5/c1-4-19(5-2)10-7-11-20(6-3)15-17-12-14(8-9-16)13-18-15/h12-13H,4-11,16H2,1-3H3. The average Bonchev–Trinajstić information content (AvgIpc) is 2.49. The van der Waals surface area contributed by atoms with Crippen LogP contribution in [-0.4, -0.2) is 54.1 Å². The van der Waals surface area contributed by atoms with Crippen molar-refractivity contribution in [1.29, 1.82) is 0 Å². The average molecular weight is 279 g/mol. The summed E-state index contributed by atoms with van der Waals surface area (Å²) in [6, 6.07) is 0. The lowest BCUT2D eigenvalue weighted by atomic mass is 10.2. The fourth-order valence-corrected chi connectivity index (χ4v) is 2.23. The molecule has 2 N–H and O–H groups in total. The van der Waals surface area contributed by atoms with Gasteiger partial charge in [-0.05, 0) is 51.5 Å². The second kappa shape index (κ2) is 9.66. The molecule has 1 aromatic rings. The number of anilines is 1. The van der Waals surface area contributed by atoms with Crippen LogP contribution < -0.4 is 10.6 Å². The van der Waals surface area contributed by atoms with Gasteiger partial charge in [0.05, 0.1) is 0 Å². The summed E-state index contributed by atoms with van der Waals surface area (Å²) in [7, 11) is 0. The van der Waals surface area contributed by atoms with E-state index in [1.54, 1.807) is 0 Å². The van der Waals surface area contributed by atoms with Crippen LogP contribution >= 0.6 is 0 Å². The van der Waals surface area contributed by atoms with Gasteiger partial charge < -0.3 is 15.5 Å². The first kappa shape index (κ1) is 16.9. The normalized spacial score (nSPS) is 11.1.